The maximum absolute atomic E-state index is 13.2. The normalized spacial score (nSPS) is 28.0. The Bertz CT molecular complexity index is 567. The molecule has 0 spiro atoms. The third-order valence-corrected chi connectivity index (χ3v) is 5.06. The lowest BCUT2D eigenvalue weighted by Crippen LogP contribution is -2.47. The van der Waals surface area contributed by atoms with Gasteiger partial charge in [-0.2, -0.15) is 0 Å². The van der Waals surface area contributed by atoms with Gasteiger partial charge < -0.3 is 5.32 Å². The van der Waals surface area contributed by atoms with E-state index < -0.39 is 24.9 Å². The van der Waals surface area contributed by atoms with Crippen LogP contribution in [0.2, 0.25) is 0 Å². The standard InChI is InChI=1S/C18H25F2N3O/c1-13(22-17(24)16-9-18(19,20)12-21-16)15-7-8-23(11-15)10-14-5-3-2-4-6-14/h2-6,13,15-16,21H,7-12H2,1H3,(H,22,24). The van der Waals surface area contributed by atoms with Crippen molar-refractivity contribution in [2.24, 2.45) is 5.92 Å². The minimum absolute atomic E-state index is 0.00528. The Morgan fingerprint density at radius 1 is 1.42 bits per heavy atom. The van der Waals surface area contributed by atoms with Gasteiger partial charge >= 0.3 is 0 Å². The van der Waals surface area contributed by atoms with E-state index >= 15 is 0 Å². The zero-order chi connectivity index (χ0) is 17.2. The fraction of sp³-hybridized carbons (Fsp3) is 0.611. The van der Waals surface area contributed by atoms with Crippen LogP contribution in [-0.4, -0.2) is 48.4 Å². The average Bonchev–Trinajstić information content (AvgIpc) is 3.15. The van der Waals surface area contributed by atoms with Gasteiger partial charge in [-0.15, -0.1) is 0 Å². The van der Waals surface area contributed by atoms with E-state index in [1.165, 1.54) is 5.56 Å². The predicted molar refractivity (Wildman–Crippen MR) is 88.8 cm³/mol. The number of carbonyl (C=O) groups is 1. The van der Waals surface area contributed by atoms with E-state index in [-0.39, 0.29) is 11.9 Å². The number of hydrogen-bond acceptors (Lipinski definition) is 3. The molecule has 2 saturated heterocycles. The van der Waals surface area contributed by atoms with E-state index in [0.717, 1.165) is 26.1 Å². The maximum atomic E-state index is 13.2. The molecule has 0 bridgehead atoms. The summed E-state index contributed by atoms with van der Waals surface area (Å²) in [6, 6.07) is 9.54. The van der Waals surface area contributed by atoms with Gasteiger partial charge in [0.1, 0.15) is 0 Å². The summed E-state index contributed by atoms with van der Waals surface area (Å²) < 4.78 is 26.4. The van der Waals surface area contributed by atoms with Crippen LogP contribution in [0, 0.1) is 5.92 Å². The highest BCUT2D eigenvalue weighted by molar-refractivity contribution is 5.82. The Hall–Kier alpha value is -1.53. The summed E-state index contributed by atoms with van der Waals surface area (Å²) in [6.07, 6.45) is 0.610. The molecule has 2 aliphatic heterocycles. The first-order valence-electron chi connectivity index (χ1n) is 8.61. The van der Waals surface area contributed by atoms with E-state index in [4.69, 9.17) is 0 Å². The summed E-state index contributed by atoms with van der Waals surface area (Å²) in [7, 11) is 0. The van der Waals surface area contributed by atoms with Crippen molar-refractivity contribution in [3.8, 4) is 0 Å². The second-order valence-electron chi connectivity index (χ2n) is 7.06. The van der Waals surface area contributed by atoms with Crippen LogP contribution < -0.4 is 10.6 Å². The number of carbonyl (C=O) groups excluding carboxylic acids is 1. The quantitative estimate of drug-likeness (QED) is 0.864. The molecular weight excluding hydrogens is 312 g/mol. The highest BCUT2D eigenvalue weighted by Crippen LogP contribution is 2.26. The Kier molecular flexibility index (Phi) is 5.15. The molecule has 0 radical (unpaired) electrons. The smallest absolute Gasteiger partial charge is 0.262 e. The van der Waals surface area contributed by atoms with Crippen LogP contribution in [0.1, 0.15) is 25.3 Å². The Labute approximate surface area is 141 Å². The van der Waals surface area contributed by atoms with Gasteiger partial charge in [-0.25, -0.2) is 8.78 Å². The molecule has 24 heavy (non-hydrogen) atoms. The van der Waals surface area contributed by atoms with E-state index in [1.807, 2.05) is 25.1 Å². The lowest BCUT2D eigenvalue weighted by atomic mass is 10.00. The Balaban J connectivity index is 1.46. The van der Waals surface area contributed by atoms with Gasteiger partial charge in [0.05, 0.1) is 12.6 Å². The van der Waals surface area contributed by atoms with E-state index in [9.17, 15) is 13.6 Å². The number of nitrogens with zero attached hydrogens (tertiary/aromatic N) is 1. The van der Waals surface area contributed by atoms with Gasteiger partial charge in [-0.1, -0.05) is 30.3 Å². The fourth-order valence-electron chi connectivity index (χ4n) is 3.60. The highest BCUT2D eigenvalue weighted by atomic mass is 19.3. The number of benzene rings is 1. The molecular formula is C18H25F2N3O. The SMILES string of the molecule is CC(NC(=O)C1CC(F)(F)CN1)C1CCN(Cc2ccccc2)C1. The molecule has 2 aliphatic rings. The van der Waals surface area contributed by atoms with Crippen molar-refractivity contribution in [2.45, 2.75) is 44.3 Å². The number of hydrogen-bond donors (Lipinski definition) is 2. The molecule has 132 valence electrons. The molecule has 2 fully saturated rings. The van der Waals surface area contributed by atoms with Crippen LogP contribution in [0.25, 0.3) is 0 Å². The Morgan fingerprint density at radius 3 is 2.83 bits per heavy atom. The third-order valence-electron chi connectivity index (χ3n) is 5.06. The lowest BCUT2D eigenvalue weighted by Gasteiger charge is -2.23. The third kappa shape index (κ3) is 4.30. The van der Waals surface area contributed by atoms with Crippen molar-refractivity contribution in [2.75, 3.05) is 19.6 Å². The monoisotopic (exact) mass is 337 g/mol. The number of halogens is 2. The van der Waals surface area contributed by atoms with Crippen LogP contribution in [0.4, 0.5) is 8.78 Å². The van der Waals surface area contributed by atoms with Crippen molar-refractivity contribution in [3.63, 3.8) is 0 Å². The topological polar surface area (TPSA) is 44.4 Å². The van der Waals surface area contributed by atoms with Crippen molar-refractivity contribution < 1.29 is 13.6 Å². The van der Waals surface area contributed by atoms with Crippen molar-refractivity contribution >= 4 is 5.91 Å². The molecule has 1 aromatic carbocycles. The number of alkyl halides is 2. The number of rotatable bonds is 5. The molecule has 4 nitrogen and oxygen atoms in total. The zero-order valence-corrected chi connectivity index (χ0v) is 14.0. The minimum Gasteiger partial charge on any atom is -0.352 e. The first kappa shape index (κ1) is 17.3. The van der Waals surface area contributed by atoms with Gasteiger partial charge in [-0.05, 0) is 31.4 Å². The number of likely N-dealkylation sites (tertiary alicyclic amines) is 1. The van der Waals surface area contributed by atoms with Crippen molar-refractivity contribution in [1.29, 1.82) is 0 Å². The van der Waals surface area contributed by atoms with Crippen LogP contribution >= 0.6 is 0 Å². The zero-order valence-electron chi connectivity index (χ0n) is 14.0. The van der Waals surface area contributed by atoms with Crippen LogP contribution in [0.5, 0.6) is 0 Å². The molecule has 0 saturated carbocycles. The predicted octanol–water partition coefficient (Wildman–Crippen LogP) is 2.01. The van der Waals surface area contributed by atoms with E-state index in [1.54, 1.807) is 0 Å². The van der Waals surface area contributed by atoms with E-state index in [2.05, 4.69) is 27.7 Å². The molecule has 3 unspecified atom stereocenters. The fourth-order valence-corrected chi connectivity index (χ4v) is 3.60. The van der Waals surface area contributed by atoms with Crippen LogP contribution in [0.3, 0.4) is 0 Å². The minimum atomic E-state index is -2.77. The summed E-state index contributed by atoms with van der Waals surface area (Å²) in [5.41, 5.74) is 1.28. The molecule has 3 rings (SSSR count). The van der Waals surface area contributed by atoms with E-state index in [0.29, 0.717) is 5.92 Å². The van der Waals surface area contributed by atoms with Gasteiger partial charge in [-0.3, -0.25) is 15.0 Å². The average molecular weight is 337 g/mol. The van der Waals surface area contributed by atoms with Gasteiger partial charge in [0.2, 0.25) is 5.91 Å². The number of amides is 1. The number of nitrogens with one attached hydrogen (secondary N) is 2. The van der Waals surface area contributed by atoms with Gasteiger partial charge in [0.25, 0.3) is 5.92 Å². The molecule has 2 heterocycles. The van der Waals surface area contributed by atoms with Crippen molar-refractivity contribution in [3.05, 3.63) is 35.9 Å². The largest absolute Gasteiger partial charge is 0.352 e. The summed E-state index contributed by atoms with van der Waals surface area (Å²) in [6.45, 7) is 4.40. The summed E-state index contributed by atoms with van der Waals surface area (Å²) in [5, 5.41) is 5.54. The molecule has 6 heteroatoms. The molecule has 1 aromatic rings. The summed E-state index contributed by atoms with van der Waals surface area (Å²) in [5.74, 6) is -2.72. The lowest BCUT2D eigenvalue weighted by molar-refractivity contribution is -0.124. The summed E-state index contributed by atoms with van der Waals surface area (Å²) >= 11 is 0. The highest BCUT2D eigenvalue weighted by Gasteiger charge is 2.42. The first-order valence-corrected chi connectivity index (χ1v) is 8.61. The summed E-state index contributed by atoms with van der Waals surface area (Å²) in [4.78, 5) is 14.5. The molecule has 0 aliphatic carbocycles. The van der Waals surface area contributed by atoms with Crippen LogP contribution in [-0.2, 0) is 11.3 Å². The molecule has 1 amide bonds. The second kappa shape index (κ2) is 7.15. The maximum Gasteiger partial charge on any atom is 0.262 e. The van der Waals surface area contributed by atoms with Crippen molar-refractivity contribution in [1.82, 2.24) is 15.5 Å². The molecule has 2 N–H and O–H groups in total. The van der Waals surface area contributed by atoms with Crippen LogP contribution in [0.15, 0.2) is 30.3 Å². The van der Waals surface area contributed by atoms with Gasteiger partial charge in [0, 0.05) is 25.6 Å². The molecule has 3 atom stereocenters. The Morgan fingerprint density at radius 2 is 2.17 bits per heavy atom. The van der Waals surface area contributed by atoms with Gasteiger partial charge in [0.15, 0.2) is 0 Å². The first-order chi connectivity index (χ1) is 11.4. The molecule has 0 aromatic heterocycles. The second-order valence-corrected chi connectivity index (χ2v) is 7.06.